The highest BCUT2D eigenvalue weighted by molar-refractivity contribution is 6.37. The standard InChI is InChI=1S/C14H12Cl2N2O3/c1-8-2-3-13(9(4-8)7-17)21-14-11(15)5-10(18(19)20)6-12(14)16/h2-6H,7,17H2,1H3. The van der Waals surface area contributed by atoms with Gasteiger partial charge in [0.05, 0.1) is 15.0 Å². The Morgan fingerprint density at radius 1 is 1.24 bits per heavy atom. The third-order valence-corrected chi connectivity index (χ3v) is 3.40. The molecule has 110 valence electrons. The molecule has 0 atom stereocenters. The lowest BCUT2D eigenvalue weighted by Gasteiger charge is -2.13. The molecule has 0 aliphatic rings. The monoisotopic (exact) mass is 326 g/mol. The van der Waals surface area contributed by atoms with E-state index in [1.807, 2.05) is 19.1 Å². The van der Waals surface area contributed by atoms with E-state index >= 15 is 0 Å². The van der Waals surface area contributed by atoms with Crippen LogP contribution in [0.15, 0.2) is 30.3 Å². The van der Waals surface area contributed by atoms with Crippen molar-refractivity contribution in [3.63, 3.8) is 0 Å². The third-order valence-electron chi connectivity index (χ3n) is 2.84. The van der Waals surface area contributed by atoms with Crippen molar-refractivity contribution in [2.24, 2.45) is 5.73 Å². The van der Waals surface area contributed by atoms with Gasteiger partial charge in [0.1, 0.15) is 5.75 Å². The summed E-state index contributed by atoms with van der Waals surface area (Å²) in [5, 5.41) is 10.9. The summed E-state index contributed by atoms with van der Waals surface area (Å²) in [4.78, 5) is 10.2. The topological polar surface area (TPSA) is 78.4 Å². The first-order valence-electron chi connectivity index (χ1n) is 6.03. The Kier molecular flexibility index (Phi) is 4.67. The van der Waals surface area contributed by atoms with Gasteiger partial charge in [-0.1, -0.05) is 40.9 Å². The third kappa shape index (κ3) is 3.44. The van der Waals surface area contributed by atoms with Gasteiger partial charge in [-0.15, -0.1) is 0 Å². The number of hydrogen-bond donors (Lipinski definition) is 1. The van der Waals surface area contributed by atoms with E-state index in [1.165, 1.54) is 12.1 Å². The van der Waals surface area contributed by atoms with Crippen molar-refractivity contribution in [1.82, 2.24) is 0 Å². The van der Waals surface area contributed by atoms with Gasteiger partial charge in [0.2, 0.25) is 0 Å². The van der Waals surface area contributed by atoms with Gasteiger partial charge in [-0.3, -0.25) is 10.1 Å². The number of nitrogens with two attached hydrogens (primary N) is 1. The molecule has 21 heavy (non-hydrogen) atoms. The van der Waals surface area contributed by atoms with Crippen LogP contribution in [-0.4, -0.2) is 4.92 Å². The van der Waals surface area contributed by atoms with Gasteiger partial charge < -0.3 is 10.5 Å². The van der Waals surface area contributed by atoms with Crippen LogP contribution in [0.5, 0.6) is 11.5 Å². The number of nitrogens with zero attached hydrogens (tertiary/aromatic N) is 1. The Morgan fingerprint density at radius 3 is 2.38 bits per heavy atom. The van der Waals surface area contributed by atoms with Gasteiger partial charge in [0, 0.05) is 24.2 Å². The van der Waals surface area contributed by atoms with Crippen LogP contribution in [-0.2, 0) is 6.54 Å². The van der Waals surface area contributed by atoms with E-state index in [0.717, 1.165) is 11.1 Å². The number of non-ortho nitro benzene ring substituents is 1. The first kappa shape index (κ1) is 15.6. The molecule has 0 heterocycles. The van der Waals surface area contributed by atoms with Gasteiger partial charge >= 0.3 is 0 Å². The maximum Gasteiger partial charge on any atom is 0.272 e. The van der Waals surface area contributed by atoms with Crippen LogP contribution < -0.4 is 10.5 Å². The lowest BCUT2D eigenvalue weighted by Crippen LogP contribution is -2.00. The lowest BCUT2D eigenvalue weighted by molar-refractivity contribution is -0.384. The summed E-state index contributed by atoms with van der Waals surface area (Å²) >= 11 is 12.0. The van der Waals surface area contributed by atoms with Crippen molar-refractivity contribution in [1.29, 1.82) is 0 Å². The molecule has 0 aliphatic heterocycles. The highest BCUT2D eigenvalue weighted by Gasteiger charge is 2.17. The predicted molar refractivity (Wildman–Crippen MR) is 82.3 cm³/mol. The number of nitro benzene ring substituents is 1. The second-order valence-corrected chi connectivity index (χ2v) is 5.23. The van der Waals surface area contributed by atoms with Gasteiger partial charge in [-0.2, -0.15) is 0 Å². The Bertz CT molecular complexity index is 682. The van der Waals surface area contributed by atoms with Crippen LogP contribution in [0, 0.1) is 17.0 Å². The molecule has 0 aromatic heterocycles. The molecule has 0 amide bonds. The fraction of sp³-hybridized carbons (Fsp3) is 0.143. The van der Waals surface area contributed by atoms with Crippen LogP contribution in [0.1, 0.15) is 11.1 Å². The summed E-state index contributed by atoms with van der Waals surface area (Å²) in [5.74, 6) is 0.684. The van der Waals surface area contributed by atoms with Crippen LogP contribution in [0.2, 0.25) is 10.0 Å². The molecule has 5 nitrogen and oxygen atoms in total. The number of ether oxygens (including phenoxy) is 1. The summed E-state index contributed by atoms with van der Waals surface area (Å²) in [6, 6.07) is 7.90. The zero-order chi connectivity index (χ0) is 15.6. The smallest absolute Gasteiger partial charge is 0.272 e. The summed E-state index contributed by atoms with van der Waals surface area (Å²) in [5.41, 5.74) is 7.32. The van der Waals surface area contributed by atoms with Crippen LogP contribution in [0.25, 0.3) is 0 Å². The number of hydrogen-bond acceptors (Lipinski definition) is 4. The van der Waals surface area contributed by atoms with E-state index in [2.05, 4.69) is 0 Å². The lowest BCUT2D eigenvalue weighted by atomic mass is 10.1. The largest absolute Gasteiger partial charge is 0.454 e. The molecule has 0 aliphatic carbocycles. The molecule has 0 unspecified atom stereocenters. The molecular formula is C14H12Cl2N2O3. The van der Waals surface area contributed by atoms with E-state index in [4.69, 9.17) is 33.7 Å². The number of aryl methyl sites for hydroxylation is 1. The van der Waals surface area contributed by atoms with Crippen LogP contribution in [0.3, 0.4) is 0 Å². The zero-order valence-corrected chi connectivity index (χ0v) is 12.6. The van der Waals surface area contributed by atoms with Crippen LogP contribution in [0.4, 0.5) is 5.69 Å². The number of benzene rings is 2. The summed E-state index contributed by atoms with van der Waals surface area (Å²) in [6.07, 6.45) is 0. The van der Waals surface area contributed by atoms with Gasteiger partial charge in [-0.25, -0.2) is 0 Å². The fourth-order valence-corrected chi connectivity index (χ4v) is 2.38. The quantitative estimate of drug-likeness (QED) is 0.664. The van der Waals surface area contributed by atoms with Gasteiger partial charge in [-0.05, 0) is 13.0 Å². The molecule has 0 bridgehead atoms. The first-order valence-corrected chi connectivity index (χ1v) is 6.79. The minimum absolute atomic E-state index is 0.0674. The Morgan fingerprint density at radius 2 is 1.86 bits per heavy atom. The maximum absolute atomic E-state index is 10.7. The summed E-state index contributed by atoms with van der Waals surface area (Å²) in [7, 11) is 0. The molecule has 2 aromatic rings. The van der Waals surface area contributed by atoms with Gasteiger partial charge in [0.25, 0.3) is 5.69 Å². The minimum Gasteiger partial charge on any atom is -0.454 e. The maximum atomic E-state index is 10.7. The molecule has 7 heteroatoms. The van der Waals surface area contributed by atoms with Crippen molar-refractivity contribution in [2.75, 3.05) is 0 Å². The number of nitro groups is 1. The molecule has 0 fully saturated rings. The second-order valence-electron chi connectivity index (χ2n) is 4.41. The van der Waals surface area contributed by atoms with Crippen molar-refractivity contribution >= 4 is 28.9 Å². The Hall–Kier alpha value is -1.82. The van der Waals surface area contributed by atoms with Gasteiger partial charge in [0.15, 0.2) is 5.75 Å². The summed E-state index contributed by atoms with van der Waals surface area (Å²) < 4.78 is 5.69. The molecule has 0 saturated heterocycles. The van der Waals surface area contributed by atoms with E-state index in [0.29, 0.717) is 12.3 Å². The average molecular weight is 327 g/mol. The zero-order valence-electron chi connectivity index (χ0n) is 11.1. The number of halogens is 2. The van der Waals surface area contributed by atoms with Crippen molar-refractivity contribution < 1.29 is 9.66 Å². The molecule has 2 rings (SSSR count). The molecule has 0 saturated carbocycles. The molecule has 0 radical (unpaired) electrons. The average Bonchev–Trinajstić information content (AvgIpc) is 2.43. The molecule has 2 N–H and O–H groups in total. The molecular weight excluding hydrogens is 315 g/mol. The normalized spacial score (nSPS) is 10.5. The summed E-state index contributed by atoms with van der Waals surface area (Å²) in [6.45, 7) is 2.23. The first-order chi connectivity index (χ1) is 9.92. The second kappa shape index (κ2) is 6.30. The van der Waals surface area contributed by atoms with E-state index in [9.17, 15) is 10.1 Å². The highest BCUT2D eigenvalue weighted by Crippen LogP contribution is 2.40. The number of rotatable bonds is 4. The van der Waals surface area contributed by atoms with Crippen molar-refractivity contribution in [3.05, 3.63) is 61.6 Å². The Balaban J connectivity index is 2.43. The van der Waals surface area contributed by atoms with E-state index in [-0.39, 0.29) is 21.5 Å². The fourth-order valence-electron chi connectivity index (χ4n) is 1.83. The van der Waals surface area contributed by atoms with Crippen molar-refractivity contribution in [3.8, 4) is 11.5 Å². The van der Waals surface area contributed by atoms with Crippen LogP contribution >= 0.6 is 23.2 Å². The predicted octanol–water partition coefficient (Wildman–Crippen LogP) is 4.46. The highest BCUT2D eigenvalue weighted by atomic mass is 35.5. The SMILES string of the molecule is Cc1ccc(Oc2c(Cl)cc([N+](=O)[O-])cc2Cl)c(CN)c1. The Labute approximate surface area is 131 Å². The van der Waals surface area contributed by atoms with Crippen molar-refractivity contribution in [2.45, 2.75) is 13.5 Å². The minimum atomic E-state index is -0.571. The molecule has 0 spiro atoms. The molecule has 2 aromatic carbocycles. The van der Waals surface area contributed by atoms with E-state index < -0.39 is 4.92 Å². The van der Waals surface area contributed by atoms with E-state index in [1.54, 1.807) is 6.07 Å².